The lowest BCUT2D eigenvalue weighted by atomic mass is 10.1. The molecular weight excluding hydrogens is 292 g/mol. The second kappa shape index (κ2) is 5.85. The van der Waals surface area contributed by atoms with Crippen molar-refractivity contribution in [3.05, 3.63) is 45.9 Å². The highest BCUT2D eigenvalue weighted by Crippen LogP contribution is 2.34. The Morgan fingerprint density at radius 2 is 2.10 bits per heavy atom. The third-order valence-electron chi connectivity index (χ3n) is 3.37. The van der Waals surface area contributed by atoms with Crippen molar-refractivity contribution in [3.63, 3.8) is 0 Å². The predicted octanol–water partition coefficient (Wildman–Crippen LogP) is 4.25. The zero-order valence-corrected chi connectivity index (χ0v) is 12.5. The number of nitrogens with one attached hydrogen (secondary N) is 2. The van der Waals surface area contributed by atoms with Gasteiger partial charge in [0.05, 0.1) is 5.02 Å². The lowest BCUT2D eigenvalue weighted by Gasteiger charge is -2.15. The molecule has 0 aliphatic heterocycles. The Morgan fingerprint density at radius 3 is 2.85 bits per heavy atom. The van der Waals surface area contributed by atoms with Gasteiger partial charge in [-0.25, -0.2) is 0 Å². The van der Waals surface area contributed by atoms with Crippen LogP contribution in [0.3, 0.4) is 0 Å². The van der Waals surface area contributed by atoms with E-state index < -0.39 is 0 Å². The monoisotopic (exact) mass is 306 g/mol. The van der Waals surface area contributed by atoms with Crippen LogP contribution in [-0.4, -0.2) is 5.91 Å². The molecule has 3 nitrogen and oxygen atoms in total. The van der Waals surface area contributed by atoms with Gasteiger partial charge in [0.1, 0.15) is 4.88 Å². The number of benzene rings is 1. The Morgan fingerprint density at radius 1 is 1.25 bits per heavy atom. The SMILES string of the molecule is O=C(NNC1=CCCCC1)c1sc2ccccc2c1Cl. The smallest absolute Gasteiger partial charge is 0.281 e. The van der Waals surface area contributed by atoms with Crippen molar-refractivity contribution in [2.45, 2.75) is 25.7 Å². The zero-order chi connectivity index (χ0) is 13.9. The number of fused-ring (bicyclic) bond motifs is 1. The molecule has 0 bridgehead atoms. The maximum absolute atomic E-state index is 12.2. The summed E-state index contributed by atoms with van der Waals surface area (Å²) in [6.07, 6.45) is 6.58. The Bertz CT molecular complexity index is 678. The fraction of sp³-hybridized carbons (Fsp3) is 0.267. The molecule has 1 aliphatic rings. The topological polar surface area (TPSA) is 41.1 Å². The maximum Gasteiger partial charge on any atom is 0.281 e. The number of hydrogen-bond acceptors (Lipinski definition) is 3. The summed E-state index contributed by atoms with van der Waals surface area (Å²) in [6.45, 7) is 0. The molecule has 0 radical (unpaired) electrons. The molecule has 0 fully saturated rings. The molecule has 5 heteroatoms. The molecule has 20 heavy (non-hydrogen) atoms. The van der Waals surface area contributed by atoms with E-state index in [1.54, 1.807) is 0 Å². The van der Waals surface area contributed by atoms with E-state index in [0.29, 0.717) is 9.90 Å². The maximum atomic E-state index is 12.2. The van der Waals surface area contributed by atoms with Crippen molar-refractivity contribution in [2.24, 2.45) is 0 Å². The van der Waals surface area contributed by atoms with E-state index in [4.69, 9.17) is 11.6 Å². The van der Waals surface area contributed by atoms with Crippen LogP contribution in [0.2, 0.25) is 5.02 Å². The van der Waals surface area contributed by atoms with Gasteiger partial charge in [-0.15, -0.1) is 11.3 Å². The second-order valence-corrected chi connectivity index (χ2v) is 6.23. The van der Waals surface area contributed by atoms with Gasteiger partial charge in [0, 0.05) is 15.8 Å². The lowest BCUT2D eigenvalue weighted by Crippen LogP contribution is -2.36. The average Bonchev–Trinajstić information content (AvgIpc) is 2.84. The molecule has 2 aromatic rings. The van der Waals surface area contributed by atoms with Gasteiger partial charge in [-0.05, 0) is 31.7 Å². The predicted molar refractivity (Wildman–Crippen MR) is 84.0 cm³/mol. The van der Waals surface area contributed by atoms with Crippen LogP contribution in [0, 0.1) is 0 Å². The number of rotatable bonds is 3. The van der Waals surface area contributed by atoms with Gasteiger partial charge < -0.3 is 5.43 Å². The van der Waals surface area contributed by atoms with Gasteiger partial charge >= 0.3 is 0 Å². The van der Waals surface area contributed by atoms with E-state index in [1.165, 1.54) is 24.2 Å². The molecule has 104 valence electrons. The van der Waals surface area contributed by atoms with E-state index >= 15 is 0 Å². The Kier molecular flexibility index (Phi) is 3.94. The molecule has 1 aliphatic carbocycles. The van der Waals surface area contributed by atoms with Gasteiger partial charge in [-0.2, -0.15) is 0 Å². The van der Waals surface area contributed by atoms with Crippen molar-refractivity contribution in [2.75, 3.05) is 0 Å². The van der Waals surface area contributed by atoms with Crippen LogP contribution in [0.4, 0.5) is 0 Å². The van der Waals surface area contributed by atoms with Crippen molar-refractivity contribution >= 4 is 38.9 Å². The first-order chi connectivity index (χ1) is 9.75. The minimum Gasteiger partial charge on any atom is -0.303 e. The quantitative estimate of drug-likeness (QED) is 0.832. The Labute approximate surface area is 126 Å². The van der Waals surface area contributed by atoms with Crippen molar-refractivity contribution < 1.29 is 4.79 Å². The highest BCUT2D eigenvalue weighted by Gasteiger charge is 2.17. The summed E-state index contributed by atoms with van der Waals surface area (Å²) in [4.78, 5) is 12.8. The Hall–Kier alpha value is -1.52. The molecule has 3 rings (SSSR count). The van der Waals surface area contributed by atoms with Crippen LogP contribution >= 0.6 is 22.9 Å². The van der Waals surface area contributed by atoms with Gasteiger partial charge in [-0.1, -0.05) is 35.9 Å². The van der Waals surface area contributed by atoms with E-state index in [0.717, 1.165) is 28.6 Å². The third kappa shape index (κ3) is 2.67. The van der Waals surface area contributed by atoms with Crippen LogP contribution in [0.15, 0.2) is 36.0 Å². The molecule has 1 aromatic heterocycles. The fourth-order valence-electron chi connectivity index (χ4n) is 2.31. The molecule has 0 saturated heterocycles. The summed E-state index contributed by atoms with van der Waals surface area (Å²) in [5.41, 5.74) is 6.83. The number of thiophene rings is 1. The first-order valence-corrected chi connectivity index (χ1v) is 7.87. The van der Waals surface area contributed by atoms with Gasteiger partial charge in [-0.3, -0.25) is 10.2 Å². The molecule has 0 saturated carbocycles. The van der Waals surface area contributed by atoms with Crippen LogP contribution in [0.1, 0.15) is 35.4 Å². The number of allylic oxidation sites excluding steroid dienone is 2. The van der Waals surface area contributed by atoms with Gasteiger partial charge in [0.25, 0.3) is 5.91 Å². The summed E-state index contributed by atoms with van der Waals surface area (Å²) in [5.74, 6) is -0.178. The number of hydrazine groups is 1. The van der Waals surface area contributed by atoms with Gasteiger partial charge in [0.15, 0.2) is 0 Å². The molecule has 1 amide bonds. The number of halogens is 1. The summed E-state index contributed by atoms with van der Waals surface area (Å²) in [7, 11) is 0. The van der Waals surface area contributed by atoms with E-state index in [1.807, 2.05) is 24.3 Å². The van der Waals surface area contributed by atoms with E-state index in [-0.39, 0.29) is 5.91 Å². The number of amides is 1. The average molecular weight is 307 g/mol. The van der Waals surface area contributed by atoms with Crippen LogP contribution < -0.4 is 10.9 Å². The zero-order valence-electron chi connectivity index (χ0n) is 10.9. The molecule has 1 heterocycles. The number of carbonyl (C=O) groups excluding carboxylic acids is 1. The summed E-state index contributed by atoms with van der Waals surface area (Å²) in [5, 5.41) is 1.46. The molecule has 0 unspecified atom stereocenters. The van der Waals surface area contributed by atoms with Crippen molar-refractivity contribution in [3.8, 4) is 0 Å². The first-order valence-electron chi connectivity index (χ1n) is 6.68. The summed E-state index contributed by atoms with van der Waals surface area (Å²) < 4.78 is 1.03. The molecule has 0 spiro atoms. The summed E-state index contributed by atoms with van der Waals surface area (Å²) in [6, 6.07) is 7.78. The van der Waals surface area contributed by atoms with E-state index in [2.05, 4.69) is 16.9 Å². The molecular formula is C15H15ClN2OS. The second-order valence-electron chi connectivity index (χ2n) is 4.80. The van der Waals surface area contributed by atoms with Crippen LogP contribution in [-0.2, 0) is 0 Å². The largest absolute Gasteiger partial charge is 0.303 e. The molecule has 0 atom stereocenters. The molecule has 2 N–H and O–H groups in total. The highest BCUT2D eigenvalue weighted by molar-refractivity contribution is 7.21. The van der Waals surface area contributed by atoms with Crippen LogP contribution in [0.25, 0.3) is 10.1 Å². The highest BCUT2D eigenvalue weighted by atomic mass is 35.5. The summed E-state index contributed by atoms with van der Waals surface area (Å²) >= 11 is 7.70. The van der Waals surface area contributed by atoms with E-state index in [9.17, 15) is 4.79 Å². The van der Waals surface area contributed by atoms with Gasteiger partial charge in [0.2, 0.25) is 0 Å². The lowest BCUT2D eigenvalue weighted by molar-refractivity contribution is 0.0942. The Balaban J connectivity index is 1.75. The first kappa shape index (κ1) is 13.5. The minimum atomic E-state index is -0.178. The third-order valence-corrected chi connectivity index (χ3v) is 5.04. The molecule has 1 aromatic carbocycles. The number of hydrogen-bond donors (Lipinski definition) is 2. The van der Waals surface area contributed by atoms with Crippen molar-refractivity contribution in [1.29, 1.82) is 0 Å². The number of carbonyl (C=O) groups is 1. The van der Waals surface area contributed by atoms with Crippen LogP contribution in [0.5, 0.6) is 0 Å². The van der Waals surface area contributed by atoms with Crippen molar-refractivity contribution in [1.82, 2.24) is 10.9 Å². The fourth-order valence-corrected chi connectivity index (χ4v) is 3.72. The minimum absolute atomic E-state index is 0.178. The normalized spacial score (nSPS) is 14.9. The standard InChI is InChI=1S/C15H15ClN2OS/c16-13-11-8-4-5-9-12(11)20-14(13)15(19)18-17-10-6-2-1-3-7-10/h4-6,8-9,17H,1-3,7H2,(H,18,19).